The number of hydrogen-bond donors (Lipinski definition) is 1. The van der Waals surface area contributed by atoms with Gasteiger partial charge in [0.25, 0.3) is 0 Å². The zero-order valence-corrected chi connectivity index (χ0v) is 6.70. The SMILES string of the molecule is COC(=O)C(CCON)OC. The van der Waals surface area contributed by atoms with Gasteiger partial charge in [0.15, 0.2) is 6.10 Å². The molecule has 0 spiro atoms. The van der Waals surface area contributed by atoms with E-state index in [0.717, 1.165) is 0 Å². The van der Waals surface area contributed by atoms with Gasteiger partial charge in [0.2, 0.25) is 0 Å². The second kappa shape index (κ2) is 6.09. The highest BCUT2D eigenvalue weighted by atomic mass is 16.6. The van der Waals surface area contributed by atoms with E-state index in [0.29, 0.717) is 6.42 Å². The maximum atomic E-state index is 10.8. The van der Waals surface area contributed by atoms with Crippen molar-refractivity contribution < 1.29 is 19.1 Å². The minimum Gasteiger partial charge on any atom is -0.467 e. The maximum absolute atomic E-state index is 10.8. The number of hydrogen-bond acceptors (Lipinski definition) is 5. The molecule has 0 aromatic carbocycles. The Morgan fingerprint density at radius 2 is 2.18 bits per heavy atom. The molecular formula is C6H13NO4. The van der Waals surface area contributed by atoms with E-state index >= 15 is 0 Å². The first-order valence-electron chi connectivity index (χ1n) is 3.18. The summed E-state index contributed by atoms with van der Waals surface area (Å²) in [6.07, 6.45) is -0.178. The molecule has 5 heteroatoms. The lowest BCUT2D eigenvalue weighted by atomic mass is 10.3. The Morgan fingerprint density at radius 1 is 1.55 bits per heavy atom. The topological polar surface area (TPSA) is 70.8 Å². The van der Waals surface area contributed by atoms with Crippen LogP contribution in [-0.4, -0.2) is 32.9 Å². The van der Waals surface area contributed by atoms with Crippen LogP contribution < -0.4 is 5.90 Å². The summed E-state index contributed by atoms with van der Waals surface area (Å²) in [7, 11) is 2.73. The monoisotopic (exact) mass is 163 g/mol. The number of rotatable bonds is 5. The first-order chi connectivity index (χ1) is 5.26. The molecule has 0 heterocycles. The number of esters is 1. The molecule has 1 atom stereocenters. The third-order valence-electron chi connectivity index (χ3n) is 1.25. The van der Waals surface area contributed by atoms with Crippen LogP contribution in [0.3, 0.4) is 0 Å². The molecule has 1 unspecified atom stereocenters. The van der Waals surface area contributed by atoms with E-state index in [4.69, 9.17) is 10.6 Å². The molecule has 5 nitrogen and oxygen atoms in total. The van der Waals surface area contributed by atoms with Crippen molar-refractivity contribution in [3.8, 4) is 0 Å². The lowest BCUT2D eigenvalue weighted by Gasteiger charge is -2.10. The van der Waals surface area contributed by atoms with Crippen molar-refractivity contribution in [2.24, 2.45) is 5.90 Å². The van der Waals surface area contributed by atoms with Gasteiger partial charge >= 0.3 is 5.97 Å². The first-order valence-corrected chi connectivity index (χ1v) is 3.18. The van der Waals surface area contributed by atoms with E-state index in [-0.39, 0.29) is 6.61 Å². The summed E-state index contributed by atoms with van der Waals surface area (Å²) in [6, 6.07) is 0. The van der Waals surface area contributed by atoms with Gasteiger partial charge in [-0.3, -0.25) is 0 Å². The van der Waals surface area contributed by atoms with Gasteiger partial charge in [0.1, 0.15) is 0 Å². The molecule has 0 bridgehead atoms. The van der Waals surface area contributed by atoms with Crippen LogP contribution >= 0.6 is 0 Å². The molecule has 0 aromatic rings. The summed E-state index contributed by atoms with van der Waals surface area (Å²) in [4.78, 5) is 15.1. The van der Waals surface area contributed by atoms with Crippen molar-refractivity contribution in [1.82, 2.24) is 0 Å². The molecule has 0 aromatic heterocycles. The molecule has 0 amide bonds. The second-order valence-corrected chi connectivity index (χ2v) is 1.91. The standard InChI is InChI=1S/C6H13NO4/c1-9-5(3-4-11-7)6(8)10-2/h5H,3-4,7H2,1-2H3. The Labute approximate surface area is 65.4 Å². The zero-order valence-electron chi connectivity index (χ0n) is 6.70. The van der Waals surface area contributed by atoms with Crippen LogP contribution in [0, 0.1) is 0 Å². The third kappa shape index (κ3) is 3.92. The molecule has 66 valence electrons. The van der Waals surface area contributed by atoms with E-state index in [1.54, 1.807) is 0 Å². The number of nitrogens with two attached hydrogens (primary N) is 1. The fourth-order valence-electron chi connectivity index (χ4n) is 0.638. The zero-order chi connectivity index (χ0) is 8.69. The minimum atomic E-state index is -0.580. The van der Waals surface area contributed by atoms with Crippen molar-refractivity contribution in [3.05, 3.63) is 0 Å². The van der Waals surface area contributed by atoms with Gasteiger partial charge < -0.3 is 14.3 Å². The van der Waals surface area contributed by atoms with Crippen LogP contribution in [0.25, 0.3) is 0 Å². The molecule has 0 saturated heterocycles. The summed E-state index contributed by atoms with van der Waals surface area (Å²) in [5, 5.41) is 0. The number of methoxy groups -OCH3 is 2. The summed E-state index contributed by atoms with van der Waals surface area (Å²) >= 11 is 0. The van der Waals surface area contributed by atoms with E-state index in [1.165, 1.54) is 14.2 Å². The molecule has 0 rings (SSSR count). The summed E-state index contributed by atoms with van der Waals surface area (Å²) in [5.74, 6) is 4.35. The summed E-state index contributed by atoms with van der Waals surface area (Å²) in [6.45, 7) is 0.271. The minimum absolute atomic E-state index is 0.271. The molecule has 0 aliphatic carbocycles. The van der Waals surface area contributed by atoms with Gasteiger partial charge in [-0.1, -0.05) is 0 Å². The van der Waals surface area contributed by atoms with E-state index in [2.05, 4.69) is 9.57 Å². The van der Waals surface area contributed by atoms with Crippen LogP contribution in [0.5, 0.6) is 0 Å². The molecule has 2 N–H and O–H groups in total. The molecule has 11 heavy (non-hydrogen) atoms. The quantitative estimate of drug-likeness (QED) is 0.435. The van der Waals surface area contributed by atoms with Crippen LogP contribution in [0.1, 0.15) is 6.42 Å². The van der Waals surface area contributed by atoms with Crippen molar-refractivity contribution in [1.29, 1.82) is 0 Å². The Morgan fingerprint density at radius 3 is 2.55 bits per heavy atom. The summed E-state index contributed by atoms with van der Waals surface area (Å²) < 4.78 is 9.23. The lowest BCUT2D eigenvalue weighted by Crippen LogP contribution is -2.26. The fraction of sp³-hybridized carbons (Fsp3) is 0.833. The van der Waals surface area contributed by atoms with E-state index in [1.807, 2.05) is 0 Å². The van der Waals surface area contributed by atoms with Crippen molar-refractivity contribution in [2.75, 3.05) is 20.8 Å². The predicted molar refractivity (Wildman–Crippen MR) is 37.6 cm³/mol. The maximum Gasteiger partial charge on any atom is 0.335 e. The Hall–Kier alpha value is -0.650. The van der Waals surface area contributed by atoms with Crippen LogP contribution in [-0.2, 0) is 19.1 Å². The Balaban J connectivity index is 3.65. The van der Waals surface area contributed by atoms with Crippen molar-refractivity contribution >= 4 is 5.97 Å². The fourth-order valence-corrected chi connectivity index (χ4v) is 0.638. The van der Waals surface area contributed by atoms with Gasteiger partial charge in [-0.05, 0) is 0 Å². The van der Waals surface area contributed by atoms with E-state index < -0.39 is 12.1 Å². The highest BCUT2D eigenvalue weighted by Crippen LogP contribution is 1.98. The van der Waals surface area contributed by atoms with Crippen LogP contribution in [0.15, 0.2) is 0 Å². The van der Waals surface area contributed by atoms with Crippen molar-refractivity contribution in [3.63, 3.8) is 0 Å². The van der Waals surface area contributed by atoms with Gasteiger partial charge in [0.05, 0.1) is 13.7 Å². The average Bonchev–Trinajstić information content (AvgIpc) is 2.05. The third-order valence-corrected chi connectivity index (χ3v) is 1.25. The Bertz CT molecular complexity index is 117. The molecule has 0 aliphatic rings. The normalized spacial score (nSPS) is 12.6. The van der Waals surface area contributed by atoms with E-state index in [9.17, 15) is 4.79 Å². The molecule has 0 saturated carbocycles. The highest BCUT2D eigenvalue weighted by molar-refractivity contribution is 5.74. The largest absolute Gasteiger partial charge is 0.467 e. The average molecular weight is 163 g/mol. The van der Waals surface area contributed by atoms with Crippen LogP contribution in [0.4, 0.5) is 0 Å². The number of carbonyl (C=O) groups is 1. The predicted octanol–water partition coefficient (Wildman–Crippen LogP) is -0.545. The summed E-state index contributed by atoms with van der Waals surface area (Å²) in [5.41, 5.74) is 0. The van der Waals surface area contributed by atoms with Gasteiger partial charge in [0, 0.05) is 13.5 Å². The molecule has 0 aliphatic heterocycles. The van der Waals surface area contributed by atoms with Gasteiger partial charge in [-0.15, -0.1) is 0 Å². The smallest absolute Gasteiger partial charge is 0.335 e. The van der Waals surface area contributed by atoms with Crippen LogP contribution in [0.2, 0.25) is 0 Å². The number of carbonyl (C=O) groups excluding carboxylic acids is 1. The van der Waals surface area contributed by atoms with Gasteiger partial charge in [-0.2, -0.15) is 0 Å². The van der Waals surface area contributed by atoms with Crippen molar-refractivity contribution in [2.45, 2.75) is 12.5 Å². The highest BCUT2D eigenvalue weighted by Gasteiger charge is 2.17. The first kappa shape index (κ1) is 10.3. The number of ether oxygens (including phenoxy) is 2. The molecule has 0 radical (unpaired) electrons. The lowest BCUT2D eigenvalue weighted by molar-refractivity contribution is -0.153. The molecule has 0 fully saturated rings. The molecular weight excluding hydrogens is 150 g/mol. The van der Waals surface area contributed by atoms with Gasteiger partial charge in [-0.25, -0.2) is 10.7 Å². The second-order valence-electron chi connectivity index (χ2n) is 1.91. The Kier molecular flexibility index (Phi) is 5.73.